The first kappa shape index (κ1) is 10.1. The number of rotatable bonds is 3. The van der Waals surface area contributed by atoms with Gasteiger partial charge in [-0.05, 0) is 29.5 Å². The average Bonchev–Trinajstić information content (AvgIpc) is 2.08. The Kier molecular flexibility index (Phi) is 3.32. The van der Waals surface area contributed by atoms with Crippen LogP contribution in [0.3, 0.4) is 0 Å². The molecule has 1 aromatic rings. The number of anilines is 1. The Balaban J connectivity index is 2.92. The highest BCUT2D eigenvalue weighted by molar-refractivity contribution is 5.49. The molecule has 0 atom stereocenters. The van der Waals surface area contributed by atoms with Crippen molar-refractivity contribution in [3.8, 4) is 0 Å². The first-order valence-electron chi connectivity index (χ1n) is 4.64. The number of hydrogen-bond donors (Lipinski definition) is 2. The van der Waals surface area contributed by atoms with Gasteiger partial charge in [0.15, 0.2) is 0 Å². The van der Waals surface area contributed by atoms with Crippen LogP contribution in [0.15, 0.2) is 18.2 Å². The molecule has 0 bridgehead atoms. The maximum Gasteiger partial charge on any atom is 0.0472 e. The van der Waals surface area contributed by atoms with Crippen molar-refractivity contribution < 1.29 is 5.11 Å². The summed E-state index contributed by atoms with van der Waals surface area (Å²) in [7, 11) is 0. The van der Waals surface area contributed by atoms with Crippen LogP contribution in [-0.4, -0.2) is 11.7 Å². The van der Waals surface area contributed by atoms with Crippen LogP contribution in [0, 0.1) is 0 Å². The molecule has 0 saturated heterocycles. The van der Waals surface area contributed by atoms with E-state index in [2.05, 4.69) is 19.9 Å². The van der Waals surface area contributed by atoms with E-state index in [1.807, 2.05) is 12.1 Å². The van der Waals surface area contributed by atoms with Gasteiger partial charge < -0.3 is 10.8 Å². The molecule has 0 aliphatic rings. The van der Waals surface area contributed by atoms with E-state index >= 15 is 0 Å². The molecule has 1 rings (SSSR count). The Morgan fingerprint density at radius 1 is 1.38 bits per heavy atom. The smallest absolute Gasteiger partial charge is 0.0472 e. The minimum atomic E-state index is 0.158. The first-order chi connectivity index (χ1) is 6.15. The molecule has 0 heterocycles. The van der Waals surface area contributed by atoms with E-state index in [0.717, 1.165) is 11.3 Å². The molecule has 0 radical (unpaired) electrons. The van der Waals surface area contributed by atoms with Crippen molar-refractivity contribution in [1.82, 2.24) is 0 Å². The van der Waals surface area contributed by atoms with Crippen LogP contribution in [0.4, 0.5) is 5.69 Å². The summed E-state index contributed by atoms with van der Waals surface area (Å²) in [4.78, 5) is 0. The van der Waals surface area contributed by atoms with Crippen molar-refractivity contribution in [2.75, 3.05) is 12.3 Å². The summed E-state index contributed by atoms with van der Waals surface area (Å²) in [5.74, 6) is 0.505. The van der Waals surface area contributed by atoms with Crippen LogP contribution in [0.1, 0.15) is 30.9 Å². The quantitative estimate of drug-likeness (QED) is 0.696. The van der Waals surface area contributed by atoms with Crippen LogP contribution >= 0.6 is 0 Å². The highest BCUT2D eigenvalue weighted by atomic mass is 16.2. The van der Waals surface area contributed by atoms with Gasteiger partial charge in [-0.25, -0.2) is 0 Å². The third kappa shape index (κ3) is 2.46. The van der Waals surface area contributed by atoms with Crippen molar-refractivity contribution in [2.45, 2.75) is 26.2 Å². The molecular formula is C11H17NO. The molecule has 0 amide bonds. The molecule has 1 aromatic carbocycles. The zero-order valence-corrected chi connectivity index (χ0v) is 8.25. The molecule has 2 nitrogen and oxygen atoms in total. The number of hydrogen-bond acceptors (Lipinski definition) is 2. The molecule has 0 fully saturated rings. The molecule has 0 aliphatic carbocycles. The Hall–Kier alpha value is -1.02. The number of benzene rings is 1. The second-order valence-electron chi connectivity index (χ2n) is 3.59. The topological polar surface area (TPSA) is 46.2 Å². The summed E-state index contributed by atoms with van der Waals surface area (Å²) in [6, 6.07) is 6.07. The molecular weight excluding hydrogens is 162 g/mol. The van der Waals surface area contributed by atoms with Gasteiger partial charge in [0, 0.05) is 12.3 Å². The molecule has 0 spiro atoms. The van der Waals surface area contributed by atoms with E-state index in [4.69, 9.17) is 10.8 Å². The number of nitrogens with two attached hydrogens (primary N) is 1. The average molecular weight is 179 g/mol. The minimum Gasteiger partial charge on any atom is -0.398 e. The zero-order chi connectivity index (χ0) is 9.84. The normalized spacial score (nSPS) is 10.8. The van der Waals surface area contributed by atoms with Gasteiger partial charge in [0.1, 0.15) is 0 Å². The van der Waals surface area contributed by atoms with E-state index in [1.165, 1.54) is 5.56 Å². The highest BCUT2D eigenvalue weighted by Gasteiger charge is 2.02. The van der Waals surface area contributed by atoms with Crippen LogP contribution in [0.25, 0.3) is 0 Å². The van der Waals surface area contributed by atoms with Crippen LogP contribution in [-0.2, 0) is 6.42 Å². The van der Waals surface area contributed by atoms with Gasteiger partial charge in [0.25, 0.3) is 0 Å². The van der Waals surface area contributed by atoms with E-state index in [0.29, 0.717) is 12.3 Å². The number of aliphatic hydroxyl groups excluding tert-OH is 1. The van der Waals surface area contributed by atoms with Crippen molar-refractivity contribution >= 4 is 5.69 Å². The largest absolute Gasteiger partial charge is 0.398 e. The van der Waals surface area contributed by atoms with Crippen LogP contribution in [0.5, 0.6) is 0 Å². The summed E-state index contributed by atoms with van der Waals surface area (Å²) >= 11 is 0. The Morgan fingerprint density at radius 3 is 2.54 bits per heavy atom. The predicted octanol–water partition coefficient (Wildman–Crippen LogP) is 1.93. The second-order valence-corrected chi connectivity index (χ2v) is 3.59. The summed E-state index contributed by atoms with van der Waals surface area (Å²) < 4.78 is 0. The second kappa shape index (κ2) is 4.28. The van der Waals surface area contributed by atoms with Gasteiger partial charge in [0.05, 0.1) is 0 Å². The van der Waals surface area contributed by atoms with Gasteiger partial charge in [-0.15, -0.1) is 0 Å². The lowest BCUT2D eigenvalue weighted by atomic mass is 9.99. The third-order valence-electron chi connectivity index (χ3n) is 2.22. The van der Waals surface area contributed by atoms with Gasteiger partial charge in [0.2, 0.25) is 0 Å². The monoisotopic (exact) mass is 179 g/mol. The molecule has 0 aliphatic heterocycles. The summed E-state index contributed by atoms with van der Waals surface area (Å²) in [5, 5.41) is 8.77. The molecule has 0 unspecified atom stereocenters. The van der Waals surface area contributed by atoms with Gasteiger partial charge in [-0.3, -0.25) is 0 Å². The van der Waals surface area contributed by atoms with E-state index < -0.39 is 0 Å². The predicted molar refractivity (Wildman–Crippen MR) is 55.7 cm³/mol. The molecule has 13 heavy (non-hydrogen) atoms. The maximum atomic E-state index is 8.77. The number of aliphatic hydroxyl groups is 1. The Bertz CT molecular complexity index is 281. The Morgan fingerprint density at radius 2 is 2.08 bits per heavy atom. The van der Waals surface area contributed by atoms with E-state index in [9.17, 15) is 0 Å². The van der Waals surface area contributed by atoms with E-state index in [1.54, 1.807) is 0 Å². The summed E-state index contributed by atoms with van der Waals surface area (Å²) in [6.45, 7) is 4.44. The van der Waals surface area contributed by atoms with Crippen LogP contribution in [0.2, 0.25) is 0 Å². The summed E-state index contributed by atoms with van der Waals surface area (Å²) in [5.41, 5.74) is 8.91. The third-order valence-corrected chi connectivity index (χ3v) is 2.22. The fourth-order valence-corrected chi connectivity index (χ4v) is 1.32. The van der Waals surface area contributed by atoms with Gasteiger partial charge in [-0.1, -0.05) is 26.0 Å². The SMILES string of the molecule is CC(C)c1ccc(CCO)c(N)c1. The van der Waals surface area contributed by atoms with Crippen molar-refractivity contribution in [1.29, 1.82) is 0 Å². The van der Waals surface area contributed by atoms with Gasteiger partial charge >= 0.3 is 0 Å². The fourth-order valence-electron chi connectivity index (χ4n) is 1.32. The molecule has 0 aromatic heterocycles. The van der Waals surface area contributed by atoms with E-state index in [-0.39, 0.29) is 6.61 Å². The molecule has 0 saturated carbocycles. The standard InChI is InChI=1S/C11H17NO/c1-8(2)10-4-3-9(5-6-13)11(12)7-10/h3-4,7-8,13H,5-6,12H2,1-2H3. The van der Waals surface area contributed by atoms with Gasteiger partial charge in [-0.2, -0.15) is 0 Å². The lowest BCUT2D eigenvalue weighted by molar-refractivity contribution is 0.300. The van der Waals surface area contributed by atoms with Crippen LogP contribution < -0.4 is 5.73 Å². The molecule has 3 N–H and O–H groups in total. The minimum absolute atomic E-state index is 0.158. The highest BCUT2D eigenvalue weighted by Crippen LogP contribution is 2.20. The van der Waals surface area contributed by atoms with Crippen molar-refractivity contribution in [2.24, 2.45) is 0 Å². The summed E-state index contributed by atoms with van der Waals surface area (Å²) in [6.07, 6.45) is 0.643. The maximum absolute atomic E-state index is 8.77. The lowest BCUT2D eigenvalue weighted by Gasteiger charge is -2.09. The van der Waals surface area contributed by atoms with Crippen molar-refractivity contribution in [3.05, 3.63) is 29.3 Å². The Labute approximate surface area is 79.4 Å². The number of nitrogen functional groups attached to an aromatic ring is 1. The molecule has 2 heteroatoms. The first-order valence-corrected chi connectivity index (χ1v) is 4.64. The lowest BCUT2D eigenvalue weighted by Crippen LogP contribution is -1.99. The van der Waals surface area contributed by atoms with Crippen molar-refractivity contribution in [3.63, 3.8) is 0 Å². The zero-order valence-electron chi connectivity index (χ0n) is 8.25. The fraction of sp³-hybridized carbons (Fsp3) is 0.455. The molecule has 72 valence electrons.